The van der Waals surface area contributed by atoms with Crippen LogP contribution >= 0.6 is 23.2 Å². The summed E-state index contributed by atoms with van der Waals surface area (Å²) in [5.74, 6) is -1.10. The first-order chi connectivity index (χ1) is 9.35. The minimum absolute atomic E-state index is 0.0279. The number of rotatable bonds is 4. The predicted octanol–water partition coefficient (Wildman–Crippen LogP) is 3.33. The summed E-state index contributed by atoms with van der Waals surface area (Å²) in [5.41, 5.74) is 0.0795. The average Bonchev–Trinajstić information content (AvgIpc) is 2.68. The predicted molar refractivity (Wildman–Crippen MR) is 70.7 cm³/mol. The number of alkyl halides is 4. The van der Waals surface area contributed by atoms with Crippen molar-refractivity contribution < 1.29 is 23.0 Å². The van der Waals surface area contributed by atoms with E-state index in [1.54, 1.807) is 0 Å². The lowest BCUT2D eigenvalue weighted by Crippen LogP contribution is -2.35. The van der Waals surface area contributed by atoms with E-state index in [9.17, 15) is 13.6 Å². The van der Waals surface area contributed by atoms with Crippen LogP contribution in [0.2, 0.25) is 0 Å². The second kappa shape index (κ2) is 5.46. The largest absolute Gasteiger partial charge is 0.586 e. The molecule has 1 aromatic rings. The van der Waals surface area contributed by atoms with Crippen LogP contribution in [0.4, 0.5) is 14.5 Å². The van der Waals surface area contributed by atoms with Crippen LogP contribution in [0.1, 0.15) is 0 Å². The molecule has 0 aromatic heterocycles. The molecule has 0 aliphatic carbocycles. The molecule has 108 valence electrons. The minimum atomic E-state index is -3.78. The van der Waals surface area contributed by atoms with Gasteiger partial charge in [0.2, 0.25) is 0 Å². The van der Waals surface area contributed by atoms with E-state index in [0.717, 1.165) is 4.90 Å². The van der Waals surface area contributed by atoms with Gasteiger partial charge in [-0.2, -0.15) is 0 Å². The van der Waals surface area contributed by atoms with Crippen molar-refractivity contribution in [2.24, 2.45) is 0 Å². The van der Waals surface area contributed by atoms with Gasteiger partial charge in [-0.3, -0.25) is 4.79 Å². The Kier molecular flexibility index (Phi) is 4.06. The highest BCUT2D eigenvalue weighted by Crippen LogP contribution is 2.47. The number of hydrogen-bond donors (Lipinski definition) is 0. The van der Waals surface area contributed by atoms with Crippen molar-refractivity contribution in [1.82, 2.24) is 0 Å². The molecule has 1 heterocycles. The zero-order chi connectivity index (χ0) is 14.9. The number of anilines is 1. The van der Waals surface area contributed by atoms with E-state index in [0.29, 0.717) is 0 Å². The van der Waals surface area contributed by atoms with Crippen LogP contribution in [-0.4, -0.2) is 23.6 Å². The van der Waals surface area contributed by atoms with Crippen LogP contribution in [0.25, 0.3) is 0 Å². The number of benzene rings is 1. The van der Waals surface area contributed by atoms with E-state index in [1.807, 2.05) is 0 Å². The number of para-hydroxylation sites is 1. The molecule has 0 spiro atoms. The quantitative estimate of drug-likeness (QED) is 0.630. The highest BCUT2D eigenvalue weighted by molar-refractivity contribution is 6.54. The van der Waals surface area contributed by atoms with Crippen LogP contribution in [0.5, 0.6) is 11.5 Å². The van der Waals surface area contributed by atoms with E-state index in [-0.39, 0.29) is 23.7 Å². The molecule has 0 fully saturated rings. The molecule has 0 bridgehead atoms. The first-order valence-corrected chi connectivity index (χ1v) is 6.32. The zero-order valence-corrected chi connectivity index (χ0v) is 11.5. The molecule has 0 saturated carbocycles. The van der Waals surface area contributed by atoms with E-state index in [2.05, 4.69) is 16.1 Å². The summed E-state index contributed by atoms with van der Waals surface area (Å²) >= 11 is 11.1. The Labute approximate surface area is 123 Å². The van der Waals surface area contributed by atoms with Crippen molar-refractivity contribution in [2.75, 3.05) is 11.4 Å². The minimum Gasteiger partial charge on any atom is -0.395 e. The average molecular weight is 324 g/mol. The number of carbonyl (C=O) groups is 1. The Hall–Kier alpha value is -1.53. The molecule has 1 aromatic carbocycles. The lowest BCUT2D eigenvalue weighted by Gasteiger charge is -2.22. The maximum absolute atomic E-state index is 13.1. The van der Waals surface area contributed by atoms with Gasteiger partial charge in [-0.1, -0.05) is 35.3 Å². The zero-order valence-electron chi connectivity index (χ0n) is 9.98. The summed E-state index contributed by atoms with van der Waals surface area (Å²) in [4.78, 5) is 11.7. The Balaban J connectivity index is 2.44. The maximum atomic E-state index is 13.1. The SMILES string of the molecule is C=CCN(C(=O)C(Cl)Cl)c1cccc2c1OC(F)(F)O2. The van der Waals surface area contributed by atoms with Gasteiger partial charge in [0.15, 0.2) is 16.3 Å². The first kappa shape index (κ1) is 14.9. The summed E-state index contributed by atoms with van der Waals surface area (Å²) in [6.45, 7) is 3.52. The highest BCUT2D eigenvalue weighted by Gasteiger charge is 2.45. The van der Waals surface area contributed by atoms with E-state index in [4.69, 9.17) is 23.2 Å². The van der Waals surface area contributed by atoms with E-state index in [1.165, 1.54) is 24.3 Å². The van der Waals surface area contributed by atoms with Gasteiger partial charge in [0.25, 0.3) is 5.91 Å². The molecule has 0 unspecified atom stereocenters. The fraction of sp³-hybridized carbons (Fsp3) is 0.250. The molecule has 1 amide bonds. The molecule has 8 heteroatoms. The third kappa shape index (κ3) is 2.81. The van der Waals surface area contributed by atoms with Gasteiger partial charge >= 0.3 is 6.29 Å². The normalized spacial score (nSPS) is 15.2. The van der Waals surface area contributed by atoms with E-state index < -0.39 is 17.0 Å². The molecule has 0 radical (unpaired) electrons. The summed E-state index contributed by atoms with van der Waals surface area (Å²) in [7, 11) is 0. The van der Waals surface area contributed by atoms with Crippen LogP contribution < -0.4 is 14.4 Å². The lowest BCUT2D eigenvalue weighted by molar-refractivity contribution is -0.286. The number of ether oxygens (including phenoxy) is 2. The second-order valence-electron chi connectivity index (χ2n) is 3.81. The van der Waals surface area contributed by atoms with Crippen molar-refractivity contribution in [3.05, 3.63) is 30.9 Å². The van der Waals surface area contributed by atoms with Crippen molar-refractivity contribution in [1.29, 1.82) is 0 Å². The highest BCUT2D eigenvalue weighted by atomic mass is 35.5. The Morgan fingerprint density at radius 3 is 2.75 bits per heavy atom. The van der Waals surface area contributed by atoms with Crippen molar-refractivity contribution >= 4 is 34.8 Å². The second-order valence-corrected chi connectivity index (χ2v) is 4.91. The number of hydrogen-bond acceptors (Lipinski definition) is 3. The van der Waals surface area contributed by atoms with Crippen LogP contribution in [0.3, 0.4) is 0 Å². The fourth-order valence-corrected chi connectivity index (χ4v) is 1.96. The van der Waals surface area contributed by atoms with E-state index >= 15 is 0 Å². The van der Waals surface area contributed by atoms with Gasteiger partial charge in [0.05, 0.1) is 5.69 Å². The molecule has 0 N–H and O–H groups in total. The molecular weight excluding hydrogens is 315 g/mol. The topological polar surface area (TPSA) is 38.8 Å². The third-order valence-corrected chi connectivity index (χ3v) is 2.84. The lowest BCUT2D eigenvalue weighted by atomic mass is 10.2. The molecule has 0 saturated heterocycles. The molecule has 20 heavy (non-hydrogen) atoms. The number of halogens is 4. The van der Waals surface area contributed by atoms with Gasteiger partial charge in [-0.05, 0) is 12.1 Å². The number of carbonyl (C=O) groups excluding carboxylic acids is 1. The van der Waals surface area contributed by atoms with Crippen molar-refractivity contribution in [3.63, 3.8) is 0 Å². The summed E-state index contributed by atoms with van der Waals surface area (Å²) in [6, 6.07) is 4.16. The number of amides is 1. The van der Waals surface area contributed by atoms with Gasteiger partial charge < -0.3 is 14.4 Å². The molecule has 4 nitrogen and oxygen atoms in total. The Bertz CT molecular complexity index is 552. The monoisotopic (exact) mass is 323 g/mol. The molecule has 0 atom stereocenters. The van der Waals surface area contributed by atoms with Gasteiger partial charge in [-0.25, -0.2) is 0 Å². The first-order valence-electron chi connectivity index (χ1n) is 5.45. The molecule has 1 aliphatic rings. The van der Waals surface area contributed by atoms with Crippen molar-refractivity contribution in [2.45, 2.75) is 11.1 Å². The van der Waals surface area contributed by atoms with Gasteiger partial charge in [0, 0.05) is 6.54 Å². The molecule has 1 aliphatic heterocycles. The summed E-state index contributed by atoms with van der Waals surface area (Å²) in [6.07, 6.45) is -2.37. The fourth-order valence-electron chi connectivity index (χ4n) is 1.72. The molecular formula is C12H9Cl2F2NO3. The summed E-state index contributed by atoms with van der Waals surface area (Å²) in [5, 5.41) is 0. The Morgan fingerprint density at radius 1 is 1.45 bits per heavy atom. The van der Waals surface area contributed by atoms with Crippen LogP contribution in [0, 0.1) is 0 Å². The maximum Gasteiger partial charge on any atom is 0.586 e. The third-order valence-electron chi connectivity index (χ3n) is 2.46. The molecule has 2 rings (SSSR count). The van der Waals surface area contributed by atoms with Gasteiger partial charge in [-0.15, -0.1) is 15.4 Å². The van der Waals surface area contributed by atoms with Crippen LogP contribution in [-0.2, 0) is 4.79 Å². The summed E-state index contributed by atoms with van der Waals surface area (Å²) < 4.78 is 34.9. The Morgan fingerprint density at radius 2 is 2.15 bits per heavy atom. The standard InChI is InChI=1S/C12H9Cl2F2NO3/c1-2-6-17(11(18)10(13)14)7-4-3-5-8-9(7)20-12(15,16)19-8/h2-5,10H,1,6H2. The van der Waals surface area contributed by atoms with Crippen molar-refractivity contribution in [3.8, 4) is 11.5 Å². The van der Waals surface area contributed by atoms with Gasteiger partial charge in [0.1, 0.15) is 0 Å². The number of fused-ring (bicyclic) bond motifs is 1. The smallest absolute Gasteiger partial charge is 0.395 e. The van der Waals surface area contributed by atoms with Crippen LogP contribution in [0.15, 0.2) is 30.9 Å². The number of nitrogens with zero attached hydrogens (tertiary/aromatic N) is 1.